The first-order valence-electron chi connectivity index (χ1n) is 13.2. The fraction of sp³-hybridized carbons (Fsp3) is 0.400. The van der Waals surface area contributed by atoms with E-state index in [9.17, 15) is 4.79 Å². The summed E-state index contributed by atoms with van der Waals surface area (Å²) in [6.07, 6.45) is 8.65. The van der Waals surface area contributed by atoms with Crippen molar-refractivity contribution in [3.63, 3.8) is 0 Å². The third-order valence-electron chi connectivity index (χ3n) is 7.47. The zero-order chi connectivity index (χ0) is 26.8. The van der Waals surface area contributed by atoms with E-state index >= 15 is 0 Å². The molecule has 200 valence electrons. The summed E-state index contributed by atoms with van der Waals surface area (Å²) >= 11 is 5.17. The molecule has 0 bridgehead atoms. The number of carbonyl (C=O) groups excluding carboxylic acids is 1. The molecule has 1 aliphatic rings. The van der Waals surface area contributed by atoms with Gasteiger partial charge in [0.05, 0.1) is 24.4 Å². The number of benzene rings is 2. The van der Waals surface area contributed by atoms with Crippen molar-refractivity contribution in [3.05, 3.63) is 56.5 Å². The summed E-state index contributed by atoms with van der Waals surface area (Å²) < 4.78 is 12.0. The Balaban J connectivity index is 1.47. The first-order chi connectivity index (χ1) is 18.4. The maximum absolute atomic E-state index is 13.3. The van der Waals surface area contributed by atoms with E-state index in [1.54, 1.807) is 25.6 Å². The number of hydrogen-bond acceptors (Lipinski definition) is 5. The number of aryl methyl sites for hydroxylation is 3. The van der Waals surface area contributed by atoms with Crippen molar-refractivity contribution in [2.45, 2.75) is 58.8 Å². The maximum Gasteiger partial charge on any atom is 0.273 e. The van der Waals surface area contributed by atoms with Crippen molar-refractivity contribution in [2.75, 3.05) is 19.5 Å². The quantitative estimate of drug-likeness (QED) is 0.214. The molecule has 2 heterocycles. The lowest BCUT2D eigenvalue weighted by Crippen LogP contribution is -2.12. The van der Waals surface area contributed by atoms with Crippen LogP contribution in [0, 0.1) is 19.8 Å². The van der Waals surface area contributed by atoms with Gasteiger partial charge in [-0.2, -0.15) is 0 Å². The Bertz CT molecular complexity index is 1470. The highest BCUT2D eigenvalue weighted by atomic mass is 79.9. The number of anilines is 1. The monoisotopic (exact) mass is 595 g/mol. The Morgan fingerprint density at radius 3 is 2.58 bits per heavy atom. The first kappa shape index (κ1) is 26.8. The van der Waals surface area contributed by atoms with E-state index < -0.39 is 0 Å². The molecule has 6 nitrogen and oxygen atoms in total. The average molecular weight is 597 g/mol. The van der Waals surface area contributed by atoms with Crippen LogP contribution in [0.5, 0.6) is 11.5 Å². The zero-order valence-corrected chi connectivity index (χ0v) is 24.8. The van der Waals surface area contributed by atoms with Crippen LogP contribution in [0.15, 0.2) is 34.8 Å². The summed E-state index contributed by atoms with van der Waals surface area (Å²) in [6.45, 7) is 4.12. The van der Waals surface area contributed by atoms with Crippen LogP contribution in [-0.4, -0.2) is 30.1 Å². The minimum Gasteiger partial charge on any atom is -0.496 e. The molecule has 38 heavy (non-hydrogen) atoms. The Morgan fingerprint density at radius 1 is 1.08 bits per heavy atom. The molecule has 0 spiro atoms. The number of nitrogens with one attached hydrogen (secondary N) is 2. The molecule has 2 N–H and O–H groups in total. The third-order valence-corrected chi connectivity index (χ3v) is 9.12. The lowest BCUT2D eigenvalue weighted by atomic mass is 9.86. The molecule has 1 aliphatic carbocycles. The fourth-order valence-electron chi connectivity index (χ4n) is 5.54. The molecule has 2 aromatic carbocycles. The second-order valence-corrected chi connectivity index (χ2v) is 12.1. The number of aromatic nitrogens is 2. The number of thiazole rings is 1. The number of rotatable bonds is 8. The fourth-order valence-corrected chi connectivity index (χ4v) is 7.03. The molecule has 8 heteroatoms. The largest absolute Gasteiger partial charge is 0.496 e. The highest BCUT2D eigenvalue weighted by Crippen LogP contribution is 2.42. The number of H-pyrrole nitrogens is 1. The number of nitrogens with zero attached hydrogens (tertiary/aromatic N) is 1. The second-order valence-electron chi connectivity index (χ2n) is 10.2. The van der Waals surface area contributed by atoms with Crippen molar-refractivity contribution in [1.82, 2.24) is 9.97 Å². The van der Waals surface area contributed by atoms with Crippen LogP contribution < -0.4 is 14.8 Å². The van der Waals surface area contributed by atoms with Crippen LogP contribution in [0.25, 0.3) is 22.2 Å². The van der Waals surface area contributed by atoms with Gasteiger partial charge in [0.1, 0.15) is 17.2 Å². The molecule has 0 unspecified atom stereocenters. The molecule has 0 atom stereocenters. The van der Waals surface area contributed by atoms with Gasteiger partial charge >= 0.3 is 0 Å². The maximum atomic E-state index is 13.3. The molecule has 4 aromatic rings. The Morgan fingerprint density at radius 2 is 1.84 bits per heavy atom. The third kappa shape index (κ3) is 5.61. The molecule has 0 saturated heterocycles. The van der Waals surface area contributed by atoms with Crippen LogP contribution in [0.3, 0.4) is 0 Å². The molecule has 0 aliphatic heterocycles. The van der Waals surface area contributed by atoms with E-state index in [0.717, 1.165) is 55.8 Å². The lowest BCUT2D eigenvalue weighted by Gasteiger charge is -2.21. The van der Waals surface area contributed by atoms with Gasteiger partial charge in [-0.25, -0.2) is 4.98 Å². The molecule has 2 aromatic heterocycles. The average Bonchev–Trinajstić information content (AvgIpc) is 3.52. The number of methoxy groups -OCH3 is 2. The normalized spacial score (nSPS) is 14.1. The molecular formula is C30H34BrN3O3S. The summed E-state index contributed by atoms with van der Waals surface area (Å²) in [4.78, 5) is 22.7. The van der Waals surface area contributed by atoms with E-state index in [1.165, 1.54) is 37.7 Å². The summed E-state index contributed by atoms with van der Waals surface area (Å²) in [7, 11) is 3.29. The van der Waals surface area contributed by atoms with Gasteiger partial charge in [-0.05, 0) is 72.3 Å². The number of ether oxygens (including phenoxy) is 2. The smallest absolute Gasteiger partial charge is 0.273 e. The molecule has 1 fully saturated rings. The van der Waals surface area contributed by atoms with Gasteiger partial charge in [0.25, 0.3) is 5.91 Å². The number of hydrogen-bond donors (Lipinski definition) is 2. The van der Waals surface area contributed by atoms with E-state index in [-0.39, 0.29) is 5.91 Å². The first-order valence-corrected chi connectivity index (χ1v) is 14.8. The highest BCUT2D eigenvalue weighted by molar-refractivity contribution is 9.10. The molecule has 0 radical (unpaired) electrons. The van der Waals surface area contributed by atoms with Crippen LogP contribution in [0.1, 0.15) is 65.0 Å². The summed E-state index contributed by atoms with van der Waals surface area (Å²) in [5.41, 5.74) is 5.54. The number of carbonyl (C=O) groups is 1. The predicted molar refractivity (Wildman–Crippen MR) is 159 cm³/mol. The van der Waals surface area contributed by atoms with Crippen molar-refractivity contribution in [2.24, 2.45) is 5.92 Å². The van der Waals surface area contributed by atoms with Crippen LogP contribution >= 0.6 is 27.3 Å². The SMILES string of the molecule is COc1cc(OC)c(-c2nc(NC(=O)c3cc4cc(C)cc(C)c4[nH]3)sc2CCC2CCCCC2)cc1Br. The van der Waals surface area contributed by atoms with Gasteiger partial charge in [0, 0.05) is 27.4 Å². The van der Waals surface area contributed by atoms with Gasteiger partial charge < -0.3 is 14.5 Å². The Kier molecular flexibility index (Phi) is 8.09. The zero-order valence-electron chi connectivity index (χ0n) is 22.4. The summed E-state index contributed by atoms with van der Waals surface area (Å²) in [5, 5.41) is 4.68. The van der Waals surface area contributed by atoms with Crippen molar-refractivity contribution in [1.29, 1.82) is 0 Å². The van der Waals surface area contributed by atoms with Crippen LogP contribution in [-0.2, 0) is 6.42 Å². The molecule has 5 rings (SSSR count). The lowest BCUT2D eigenvalue weighted by molar-refractivity contribution is 0.102. The van der Waals surface area contributed by atoms with Crippen molar-refractivity contribution in [3.8, 4) is 22.8 Å². The minimum absolute atomic E-state index is 0.194. The van der Waals surface area contributed by atoms with Crippen LogP contribution in [0.2, 0.25) is 0 Å². The highest BCUT2D eigenvalue weighted by Gasteiger charge is 2.22. The molecule has 1 amide bonds. The standard InChI is InChI=1S/C30H34BrN3O3S/c1-17-12-18(2)27-20(13-17)14-23(32-27)29(35)34-30-33-28(21-15-22(31)25(37-4)16-24(21)36-3)26(38-30)11-10-19-8-6-5-7-9-19/h12-16,19,32H,5-11H2,1-4H3,(H,33,34,35). The summed E-state index contributed by atoms with van der Waals surface area (Å²) in [5.74, 6) is 1.94. The topological polar surface area (TPSA) is 76.2 Å². The van der Waals surface area contributed by atoms with Crippen molar-refractivity contribution >= 4 is 49.2 Å². The van der Waals surface area contributed by atoms with Gasteiger partial charge in [-0.1, -0.05) is 43.7 Å². The molecule has 1 saturated carbocycles. The van der Waals surface area contributed by atoms with Gasteiger partial charge in [0.2, 0.25) is 0 Å². The number of halogens is 1. The van der Waals surface area contributed by atoms with Gasteiger partial charge in [0.15, 0.2) is 5.13 Å². The number of aromatic amines is 1. The van der Waals surface area contributed by atoms with Crippen molar-refractivity contribution < 1.29 is 14.3 Å². The van der Waals surface area contributed by atoms with Gasteiger partial charge in [-0.3, -0.25) is 10.1 Å². The van der Waals surface area contributed by atoms with Gasteiger partial charge in [-0.15, -0.1) is 11.3 Å². The van der Waals surface area contributed by atoms with E-state index in [1.807, 2.05) is 18.2 Å². The Labute approximate surface area is 236 Å². The summed E-state index contributed by atoms with van der Waals surface area (Å²) in [6, 6.07) is 9.98. The van der Waals surface area contributed by atoms with E-state index in [0.29, 0.717) is 22.3 Å². The number of fused-ring (bicyclic) bond motifs is 1. The second kappa shape index (κ2) is 11.5. The van der Waals surface area contributed by atoms with E-state index in [2.05, 4.69) is 52.2 Å². The Hall–Kier alpha value is -2.84. The molecular weight excluding hydrogens is 562 g/mol. The predicted octanol–water partition coefficient (Wildman–Crippen LogP) is 8.45. The van der Waals surface area contributed by atoms with E-state index in [4.69, 9.17) is 14.5 Å². The van der Waals surface area contributed by atoms with Crippen LogP contribution in [0.4, 0.5) is 5.13 Å². The minimum atomic E-state index is -0.194. The number of amides is 1.